The van der Waals surface area contributed by atoms with Gasteiger partial charge in [0.1, 0.15) is 5.69 Å². The maximum absolute atomic E-state index is 11.6. The fraction of sp³-hybridized carbons (Fsp3) is 0.667. The zero-order valence-electron chi connectivity index (χ0n) is 8.91. The van der Waals surface area contributed by atoms with Crippen LogP contribution in [0.1, 0.15) is 19.0 Å². The maximum Gasteiger partial charge on any atom is 0.290 e. The van der Waals surface area contributed by atoms with Crippen molar-refractivity contribution in [3.63, 3.8) is 0 Å². The largest absolute Gasteiger partial charge is 0.393 e. The van der Waals surface area contributed by atoms with E-state index in [9.17, 15) is 4.79 Å². The Bertz CT molecular complexity index is 365. The first-order valence-corrected chi connectivity index (χ1v) is 4.66. The van der Waals surface area contributed by atoms with Crippen molar-refractivity contribution in [3.8, 4) is 0 Å². The maximum atomic E-state index is 11.6. The first-order chi connectivity index (χ1) is 6.63. The summed E-state index contributed by atoms with van der Waals surface area (Å²) < 4.78 is 8.38. The van der Waals surface area contributed by atoms with E-state index < -0.39 is 0 Å². The molecule has 1 heterocycles. The Morgan fingerprint density at radius 2 is 2.14 bits per heavy atom. The van der Waals surface area contributed by atoms with Crippen LogP contribution in [0.5, 0.6) is 0 Å². The molecule has 0 unspecified atom stereocenters. The van der Waals surface area contributed by atoms with Gasteiger partial charge in [0.05, 0.1) is 12.3 Å². The van der Waals surface area contributed by atoms with Crippen molar-refractivity contribution in [2.45, 2.75) is 26.5 Å². The number of aromatic nitrogens is 2. The first kappa shape index (κ1) is 10.8. The van der Waals surface area contributed by atoms with Crippen LogP contribution in [-0.2, 0) is 24.9 Å². The van der Waals surface area contributed by atoms with Crippen LogP contribution in [0, 0.1) is 0 Å². The summed E-state index contributed by atoms with van der Waals surface area (Å²) >= 11 is 0. The molecule has 14 heavy (non-hydrogen) atoms. The molecule has 0 atom stereocenters. The third kappa shape index (κ3) is 1.68. The van der Waals surface area contributed by atoms with Crippen LogP contribution in [0.2, 0.25) is 0 Å². The first-order valence-electron chi connectivity index (χ1n) is 4.66. The topological polar surface area (TPSA) is 62.2 Å². The van der Waals surface area contributed by atoms with Crippen LogP contribution < -0.4 is 11.3 Å². The molecule has 1 rings (SSSR count). The number of nitrogen functional groups attached to an aromatic ring is 1. The van der Waals surface area contributed by atoms with Crippen LogP contribution in [0.3, 0.4) is 0 Å². The predicted molar refractivity (Wildman–Crippen MR) is 55.1 cm³/mol. The lowest BCUT2D eigenvalue weighted by atomic mass is 10.4. The lowest BCUT2D eigenvalue weighted by molar-refractivity contribution is 0.176. The lowest BCUT2D eigenvalue weighted by Crippen LogP contribution is -2.22. The Labute approximate surface area is 83.1 Å². The SMILES string of the molecule is CCCn1c(=O)c(N)c(COC)n1C. The van der Waals surface area contributed by atoms with Crippen molar-refractivity contribution in [1.29, 1.82) is 0 Å². The van der Waals surface area contributed by atoms with Crippen LogP contribution in [0.25, 0.3) is 0 Å². The quantitative estimate of drug-likeness (QED) is 0.760. The van der Waals surface area contributed by atoms with Crippen LogP contribution in [-0.4, -0.2) is 16.5 Å². The Morgan fingerprint density at radius 3 is 2.64 bits per heavy atom. The van der Waals surface area contributed by atoms with Gasteiger partial charge in [0.2, 0.25) is 0 Å². The number of methoxy groups -OCH3 is 1. The van der Waals surface area contributed by atoms with Gasteiger partial charge in [-0.2, -0.15) is 0 Å². The molecule has 0 aliphatic rings. The molecule has 0 radical (unpaired) electrons. The van der Waals surface area contributed by atoms with Crippen molar-refractivity contribution >= 4 is 5.69 Å². The van der Waals surface area contributed by atoms with Crippen LogP contribution >= 0.6 is 0 Å². The van der Waals surface area contributed by atoms with E-state index in [4.69, 9.17) is 10.5 Å². The molecule has 0 amide bonds. The molecule has 0 aromatic carbocycles. The summed E-state index contributed by atoms with van der Waals surface area (Å²) in [5, 5.41) is 0. The van der Waals surface area contributed by atoms with Gasteiger partial charge in [-0.15, -0.1) is 0 Å². The summed E-state index contributed by atoms with van der Waals surface area (Å²) in [7, 11) is 3.41. The summed E-state index contributed by atoms with van der Waals surface area (Å²) in [6.45, 7) is 3.07. The predicted octanol–water partition coefficient (Wildman–Crippen LogP) is 0.325. The van der Waals surface area contributed by atoms with E-state index >= 15 is 0 Å². The van der Waals surface area contributed by atoms with E-state index in [1.165, 1.54) is 0 Å². The molecule has 80 valence electrons. The monoisotopic (exact) mass is 199 g/mol. The minimum absolute atomic E-state index is 0.124. The number of hydrogen-bond acceptors (Lipinski definition) is 3. The molecule has 0 saturated carbocycles. The van der Waals surface area contributed by atoms with Crippen molar-refractivity contribution in [3.05, 3.63) is 16.0 Å². The second-order valence-electron chi connectivity index (χ2n) is 3.25. The van der Waals surface area contributed by atoms with Crippen molar-refractivity contribution in [2.24, 2.45) is 7.05 Å². The lowest BCUT2D eigenvalue weighted by Gasteiger charge is -2.07. The number of nitrogens with two attached hydrogens (primary N) is 1. The highest BCUT2D eigenvalue weighted by Gasteiger charge is 2.13. The second kappa shape index (κ2) is 4.32. The summed E-state index contributed by atoms with van der Waals surface area (Å²) in [4.78, 5) is 11.6. The van der Waals surface area contributed by atoms with E-state index in [2.05, 4.69) is 0 Å². The molecule has 0 aliphatic carbocycles. The average Bonchev–Trinajstić information content (AvgIpc) is 2.36. The Hall–Kier alpha value is -1.23. The minimum Gasteiger partial charge on any atom is -0.393 e. The molecule has 5 nitrogen and oxygen atoms in total. The molecule has 0 fully saturated rings. The summed E-state index contributed by atoms with van der Waals surface area (Å²) in [5.41, 5.74) is 6.60. The van der Waals surface area contributed by atoms with Gasteiger partial charge in [0.15, 0.2) is 0 Å². The molecule has 0 spiro atoms. The fourth-order valence-electron chi connectivity index (χ4n) is 1.49. The van der Waals surface area contributed by atoms with Crippen LogP contribution in [0.4, 0.5) is 5.69 Å². The average molecular weight is 199 g/mol. The summed E-state index contributed by atoms with van der Waals surface area (Å²) in [6, 6.07) is 0. The van der Waals surface area contributed by atoms with E-state index in [1.807, 2.05) is 14.0 Å². The zero-order valence-corrected chi connectivity index (χ0v) is 8.91. The smallest absolute Gasteiger partial charge is 0.290 e. The number of nitrogens with zero attached hydrogens (tertiary/aromatic N) is 2. The molecular formula is C9H17N3O2. The number of anilines is 1. The summed E-state index contributed by atoms with van der Waals surface area (Å²) in [5.74, 6) is 0. The Kier molecular flexibility index (Phi) is 3.35. The van der Waals surface area contributed by atoms with E-state index in [0.717, 1.165) is 12.1 Å². The molecule has 0 saturated heterocycles. The normalized spacial score (nSPS) is 10.8. The molecule has 5 heteroatoms. The summed E-state index contributed by atoms with van der Waals surface area (Å²) in [6.07, 6.45) is 0.906. The van der Waals surface area contributed by atoms with E-state index in [0.29, 0.717) is 18.8 Å². The van der Waals surface area contributed by atoms with Crippen LogP contribution in [0.15, 0.2) is 4.79 Å². The highest BCUT2D eigenvalue weighted by Crippen LogP contribution is 2.08. The van der Waals surface area contributed by atoms with Gasteiger partial charge in [-0.1, -0.05) is 6.92 Å². The molecule has 2 N–H and O–H groups in total. The fourth-order valence-corrected chi connectivity index (χ4v) is 1.49. The minimum atomic E-state index is -0.124. The molecule has 1 aromatic heterocycles. The third-order valence-electron chi connectivity index (χ3n) is 2.24. The van der Waals surface area contributed by atoms with Gasteiger partial charge in [0, 0.05) is 20.7 Å². The van der Waals surface area contributed by atoms with Crippen molar-refractivity contribution in [2.75, 3.05) is 12.8 Å². The van der Waals surface area contributed by atoms with Gasteiger partial charge in [0.25, 0.3) is 5.56 Å². The van der Waals surface area contributed by atoms with Gasteiger partial charge in [-0.3, -0.25) is 9.48 Å². The molecular weight excluding hydrogens is 182 g/mol. The molecule has 0 aliphatic heterocycles. The Morgan fingerprint density at radius 1 is 1.50 bits per heavy atom. The van der Waals surface area contributed by atoms with Gasteiger partial charge < -0.3 is 10.5 Å². The third-order valence-corrected chi connectivity index (χ3v) is 2.24. The standard InChI is InChI=1S/C9H17N3O2/c1-4-5-12-9(13)8(10)7(6-14-3)11(12)2/h4-6,10H2,1-3H3. The number of rotatable bonds is 4. The molecule has 1 aromatic rings. The molecule has 0 bridgehead atoms. The van der Waals surface area contributed by atoms with E-state index in [-0.39, 0.29) is 5.56 Å². The van der Waals surface area contributed by atoms with Crippen molar-refractivity contribution in [1.82, 2.24) is 9.36 Å². The van der Waals surface area contributed by atoms with Gasteiger partial charge in [-0.05, 0) is 6.42 Å². The van der Waals surface area contributed by atoms with Gasteiger partial charge >= 0.3 is 0 Å². The second-order valence-corrected chi connectivity index (χ2v) is 3.25. The number of ether oxygens (including phenoxy) is 1. The highest BCUT2D eigenvalue weighted by atomic mass is 16.5. The van der Waals surface area contributed by atoms with Crippen molar-refractivity contribution < 1.29 is 4.74 Å². The zero-order chi connectivity index (χ0) is 10.7. The highest BCUT2D eigenvalue weighted by molar-refractivity contribution is 5.41. The van der Waals surface area contributed by atoms with E-state index in [1.54, 1.807) is 16.5 Å². The Balaban J connectivity index is 3.19. The number of hydrogen-bond donors (Lipinski definition) is 1. The van der Waals surface area contributed by atoms with Gasteiger partial charge in [-0.25, -0.2) is 4.68 Å².